The lowest BCUT2D eigenvalue weighted by molar-refractivity contribution is -0.904. The zero-order valence-corrected chi connectivity index (χ0v) is 30.9. The van der Waals surface area contributed by atoms with Crippen LogP contribution in [0.3, 0.4) is 0 Å². The standard InChI is InChI=1S/C39H38Cl2F3N3O7/c1-22(2)52-34-16-24(10-11-33(34)53-38(43)44)27(17-28-29(40)19-46(51)20-30(28)41)36-25(6-5-7-26(36)37(48)49)18-47(32-9-4-3-8-31(32)42)39(50)54-35-21-45-14-12-23(35)13-15-45/h3-11,16,19-20,22-23,27,35,38H,12-15,17-18,21H2,1-2H3,(H-,48,49,51)/t27-,35-/m0/s1. The Bertz CT molecular complexity index is 1990. The molecule has 0 saturated carbocycles. The van der Waals surface area contributed by atoms with Gasteiger partial charge in [0.25, 0.3) is 0 Å². The molecule has 4 aromatic rings. The largest absolute Gasteiger partial charge is 0.545 e. The first kappa shape index (κ1) is 39.0. The molecule has 3 saturated heterocycles. The van der Waals surface area contributed by atoms with Gasteiger partial charge < -0.3 is 24.1 Å². The molecule has 0 aliphatic carbocycles. The van der Waals surface area contributed by atoms with Crippen LogP contribution in [-0.4, -0.2) is 60.6 Å². The van der Waals surface area contributed by atoms with Crippen LogP contribution in [0.1, 0.15) is 65.2 Å². The maximum absolute atomic E-state index is 15.6. The van der Waals surface area contributed by atoms with E-state index in [0.717, 1.165) is 30.8 Å². The second-order valence-corrected chi connectivity index (χ2v) is 14.4. The zero-order chi connectivity index (χ0) is 38.7. The number of aromatic nitrogens is 1. The van der Waals surface area contributed by atoms with E-state index in [1.54, 1.807) is 26.0 Å². The van der Waals surface area contributed by atoms with Crippen molar-refractivity contribution < 1.29 is 52.0 Å². The van der Waals surface area contributed by atoms with Gasteiger partial charge in [-0.1, -0.05) is 59.6 Å². The minimum atomic E-state index is -3.16. The smallest absolute Gasteiger partial charge is 0.415 e. The van der Waals surface area contributed by atoms with Crippen LogP contribution in [-0.2, 0) is 17.7 Å². The predicted molar refractivity (Wildman–Crippen MR) is 191 cm³/mol. The van der Waals surface area contributed by atoms with E-state index in [0.29, 0.717) is 22.4 Å². The first-order chi connectivity index (χ1) is 25.8. The minimum Gasteiger partial charge on any atom is -0.545 e. The summed E-state index contributed by atoms with van der Waals surface area (Å²) >= 11 is 13.2. The van der Waals surface area contributed by atoms with Crippen molar-refractivity contribution >= 4 is 41.0 Å². The third-order valence-corrected chi connectivity index (χ3v) is 10.4. The van der Waals surface area contributed by atoms with Crippen molar-refractivity contribution in [3.05, 3.63) is 117 Å². The maximum Gasteiger partial charge on any atom is 0.415 e. The molecule has 3 aliphatic rings. The van der Waals surface area contributed by atoms with Crippen molar-refractivity contribution in [3.8, 4) is 11.5 Å². The van der Waals surface area contributed by atoms with Crippen molar-refractivity contribution in [3.63, 3.8) is 0 Å². The highest BCUT2D eigenvalue weighted by molar-refractivity contribution is 6.35. The molecule has 15 heteroatoms. The quantitative estimate of drug-likeness (QED) is 0.114. The number of carbonyl (C=O) groups excluding carboxylic acids is 2. The number of piperidine rings is 3. The summed E-state index contributed by atoms with van der Waals surface area (Å²) in [7, 11) is 0. The van der Waals surface area contributed by atoms with E-state index >= 15 is 4.39 Å². The monoisotopic (exact) mass is 787 g/mol. The zero-order valence-electron chi connectivity index (χ0n) is 29.4. The number of amides is 1. The molecule has 1 aromatic heterocycles. The van der Waals surface area contributed by atoms with E-state index in [1.807, 2.05) is 0 Å². The fraction of sp³-hybridized carbons (Fsp3) is 0.359. The molecule has 54 heavy (non-hydrogen) atoms. The summed E-state index contributed by atoms with van der Waals surface area (Å²) in [6.07, 6.45) is 2.31. The van der Waals surface area contributed by atoms with Gasteiger partial charge in [-0.25, -0.2) is 9.18 Å². The summed E-state index contributed by atoms with van der Waals surface area (Å²) < 4.78 is 59.8. The van der Waals surface area contributed by atoms with Gasteiger partial charge in [0.15, 0.2) is 11.5 Å². The van der Waals surface area contributed by atoms with Crippen LogP contribution in [0.25, 0.3) is 0 Å². The van der Waals surface area contributed by atoms with Crippen molar-refractivity contribution in [1.29, 1.82) is 0 Å². The molecule has 4 heterocycles. The third kappa shape index (κ3) is 8.80. The van der Waals surface area contributed by atoms with Crippen molar-refractivity contribution in [2.24, 2.45) is 5.92 Å². The molecule has 3 fully saturated rings. The molecular formula is C39H38Cl2F3N3O7. The summed E-state index contributed by atoms with van der Waals surface area (Å²) in [6, 6.07) is 14.3. The lowest BCUT2D eigenvalue weighted by Crippen LogP contribution is -2.53. The molecule has 0 radical (unpaired) electrons. The number of fused-ring (bicyclic) bond motifs is 3. The molecule has 7 rings (SSSR count). The Hall–Kier alpha value is -4.72. The van der Waals surface area contributed by atoms with E-state index in [4.69, 9.17) is 37.4 Å². The summed E-state index contributed by atoms with van der Waals surface area (Å²) in [5.41, 5.74) is 0.724. The predicted octanol–water partition coefficient (Wildman–Crippen LogP) is 7.02. The average molecular weight is 789 g/mol. The fourth-order valence-electron chi connectivity index (χ4n) is 7.27. The molecule has 1 N–H and O–H groups in total. The van der Waals surface area contributed by atoms with Crippen LogP contribution in [0.15, 0.2) is 73.1 Å². The van der Waals surface area contributed by atoms with Gasteiger partial charge in [-0.05, 0) is 93.1 Å². The van der Waals surface area contributed by atoms with E-state index in [1.165, 1.54) is 60.9 Å². The van der Waals surface area contributed by atoms with Crippen molar-refractivity contribution in [2.45, 2.75) is 64.4 Å². The Balaban J connectivity index is 1.51. The molecule has 0 unspecified atom stereocenters. The number of carboxylic acid groups (broad SMARTS) is 1. The first-order valence-electron chi connectivity index (χ1n) is 17.4. The molecule has 2 atom stereocenters. The highest BCUT2D eigenvalue weighted by Gasteiger charge is 2.38. The number of rotatable bonds is 13. The number of anilines is 1. The van der Waals surface area contributed by atoms with Crippen LogP contribution in [0.5, 0.6) is 11.5 Å². The second-order valence-electron chi connectivity index (χ2n) is 13.6. The van der Waals surface area contributed by atoms with E-state index in [-0.39, 0.29) is 62.8 Å². The number of benzene rings is 3. The number of pyridine rings is 1. The average Bonchev–Trinajstić information content (AvgIpc) is 3.11. The molecule has 286 valence electrons. The van der Waals surface area contributed by atoms with Crippen LogP contribution in [0.4, 0.5) is 23.7 Å². The Morgan fingerprint density at radius 3 is 2.31 bits per heavy atom. The van der Waals surface area contributed by atoms with Crippen molar-refractivity contribution in [2.75, 3.05) is 24.5 Å². The summed E-state index contributed by atoms with van der Waals surface area (Å²) in [4.78, 5) is 30.4. The van der Waals surface area contributed by atoms with Crippen molar-refractivity contribution in [1.82, 2.24) is 4.90 Å². The molecular weight excluding hydrogens is 750 g/mol. The van der Waals surface area contributed by atoms with Crippen LogP contribution < -0.4 is 24.2 Å². The van der Waals surface area contributed by atoms with Gasteiger partial charge in [0, 0.05) is 28.3 Å². The van der Waals surface area contributed by atoms with Gasteiger partial charge in [0.1, 0.15) is 22.0 Å². The van der Waals surface area contributed by atoms with Gasteiger partial charge in [-0.2, -0.15) is 8.78 Å². The number of para-hydroxylation sites is 1. The van der Waals surface area contributed by atoms with Gasteiger partial charge in [-0.15, -0.1) is 0 Å². The minimum absolute atomic E-state index is 0.0351. The number of aromatic carboxylic acids is 1. The number of alkyl halides is 2. The normalized spacial score (nSPS) is 18.4. The number of ether oxygens (including phenoxy) is 3. The fourth-order valence-corrected chi connectivity index (χ4v) is 7.88. The van der Waals surface area contributed by atoms with E-state index in [2.05, 4.69) is 4.90 Å². The highest BCUT2D eigenvalue weighted by atomic mass is 35.5. The molecule has 10 nitrogen and oxygen atoms in total. The number of carboxylic acids is 1. The lowest BCUT2D eigenvalue weighted by atomic mass is 9.80. The Morgan fingerprint density at radius 2 is 1.70 bits per heavy atom. The number of hydrogen-bond acceptors (Lipinski definition) is 8. The SMILES string of the molecule is CC(C)Oc1cc([C@H](Cc2c(Cl)c[n+](O)cc2Cl)c2c(CN(C(=O)O[C@H]3CN4CCC3CC4)c3ccccc3F)cccc2C(=O)[O-])ccc1OC(F)F. The van der Waals surface area contributed by atoms with Gasteiger partial charge >= 0.3 is 12.7 Å². The summed E-state index contributed by atoms with van der Waals surface area (Å²) in [5.74, 6) is -3.41. The topological polar surface area (TPSA) is 115 Å². The summed E-state index contributed by atoms with van der Waals surface area (Å²) in [6.45, 7) is 2.24. The lowest BCUT2D eigenvalue weighted by Gasteiger charge is -2.44. The van der Waals surface area contributed by atoms with Crippen LogP contribution >= 0.6 is 23.2 Å². The maximum atomic E-state index is 15.6. The number of nitrogens with zero attached hydrogens (tertiary/aromatic N) is 3. The van der Waals surface area contributed by atoms with Crippen LogP contribution in [0.2, 0.25) is 10.0 Å². The van der Waals surface area contributed by atoms with E-state index in [9.17, 15) is 28.7 Å². The van der Waals surface area contributed by atoms with Crippen LogP contribution in [0, 0.1) is 11.7 Å². The number of halogens is 5. The molecule has 3 aromatic carbocycles. The van der Waals surface area contributed by atoms with Gasteiger partial charge in [0.2, 0.25) is 12.4 Å². The summed E-state index contributed by atoms with van der Waals surface area (Å²) in [5, 5.41) is 23.1. The Morgan fingerprint density at radius 1 is 1.00 bits per heavy atom. The number of carbonyl (C=O) groups is 2. The Labute approximate surface area is 320 Å². The molecule has 1 amide bonds. The molecule has 3 aliphatic heterocycles. The second kappa shape index (κ2) is 16.7. The van der Waals surface area contributed by atoms with Gasteiger partial charge in [-0.3, -0.25) is 15.0 Å². The highest BCUT2D eigenvalue weighted by Crippen LogP contribution is 2.41. The molecule has 2 bridgehead atoms. The first-order valence-corrected chi connectivity index (χ1v) is 18.2. The third-order valence-electron chi connectivity index (χ3n) is 9.73. The molecule has 0 spiro atoms. The van der Waals surface area contributed by atoms with Gasteiger partial charge in [0.05, 0.1) is 24.3 Å². The Kier molecular flexibility index (Phi) is 12.1. The van der Waals surface area contributed by atoms with E-state index < -0.39 is 42.6 Å². The number of hydrogen-bond donors (Lipinski definition) is 1.